The Kier molecular flexibility index (Phi) is 6.49. The average molecular weight is 440 g/mol. The second kappa shape index (κ2) is 9.29. The Morgan fingerprint density at radius 1 is 0.839 bits per heavy atom. The van der Waals surface area contributed by atoms with E-state index < -0.39 is 0 Å². The Morgan fingerprint density at radius 3 is 2.32 bits per heavy atom. The molecule has 0 unspecified atom stereocenters. The molecule has 3 nitrogen and oxygen atoms in total. The summed E-state index contributed by atoms with van der Waals surface area (Å²) in [5.74, 6) is 0.517. The first-order valence-corrected chi connectivity index (χ1v) is 10.8. The van der Waals surface area contributed by atoms with Gasteiger partial charge in [0, 0.05) is 28.5 Å². The molecule has 2 heterocycles. The van der Waals surface area contributed by atoms with Crippen molar-refractivity contribution in [1.29, 1.82) is 0 Å². The van der Waals surface area contributed by atoms with Crippen LogP contribution in [-0.2, 0) is 6.54 Å². The Balaban J connectivity index is 0.00000231. The van der Waals surface area contributed by atoms with Gasteiger partial charge in [0.2, 0.25) is 0 Å². The summed E-state index contributed by atoms with van der Waals surface area (Å²) in [5.41, 5.74) is 2.71. The summed E-state index contributed by atoms with van der Waals surface area (Å²) >= 11 is 0. The van der Waals surface area contributed by atoms with Gasteiger partial charge in [-0.2, -0.15) is 0 Å². The fourth-order valence-electron chi connectivity index (χ4n) is 4.79. The van der Waals surface area contributed by atoms with Crippen LogP contribution in [-0.4, -0.2) is 30.7 Å². The van der Waals surface area contributed by atoms with Gasteiger partial charge in [-0.1, -0.05) is 30.3 Å². The van der Waals surface area contributed by atoms with Gasteiger partial charge in [0.15, 0.2) is 0 Å². The number of hydrogen-bond donors (Lipinski definition) is 0. The van der Waals surface area contributed by atoms with Crippen molar-refractivity contribution in [2.75, 3.05) is 26.2 Å². The number of likely N-dealkylation sites (tertiary alicyclic amines) is 1. The van der Waals surface area contributed by atoms with Crippen LogP contribution in [0.3, 0.4) is 0 Å². The molecule has 0 saturated carbocycles. The smallest absolute Gasteiger partial charge is 0.139 e. The van der Waals surface area contributed by atoms with Gasteiger partial charge in [0.05, 0.1) is 13.1 Å². The van der Waals surface area contributed by atoms with Crippen molar-refractivity contribution < 1.29 is 30.4 Å². The van der Waals surface area contributed by atoms with Crippen molar-refractivity contribution >= 4 is 21.9 Å². The van der Waals surface area contributed by atoms with Crippen molar-refractivity contribution in [3.05, 3.63) is 78.1 Å². The molecule has 1 aliphatic rings. The van der Waals surface area contributed by atoms with Gasteiger partial charge in [-0.05, 0) is 43.5 Å². The van der Waals surface area contributed by atoms with Crippen molar-refractivity contribution in [3.8, 4) is 5.75 Å². The van der Waals surface area contributed by atoms with E-state index in [1.807, 2.05) is 18.2 Å². The molecule has 1 saturated heterocycles. The number of quaternary nitrogens is 1. The highest BCUT2D eigenvalue weighted by atomic mass is 35.5. The second-order valence-electron chi connectivity index (χ2n) is 8.47. The van der Waals surface area contributed by atoms with E-state index in [4.69, 9.17) is 9.15 Å². The third-order valence-electron chi connectivity index (χ3n) is 6.37. The number of furan rings is 1. The summed E-state index contributed by atoms with van der Waals surface area (Å²) in [4.78, 5) is 0. The summed E-state index contributed by atoms with van der Waals surface area (Å²) in [6, 6.07) is 21.4. The summed E-state index contributed by atoms with van der Waals surface area (Å²) in [6.07, 6.45) is 3.90. The quantitative estimate of drug-likeness (QED) is 0.430. The lowest BCUT2D eigenvalue weighted by atomic mass is 10.1. The van der Waals surface area contributed by atoms with E-state index in [0.29, 0.717) is 12.2 Å². The molecule has 1 aliphatic heterocycles. The molecule has 0 N–H and O–H groups in total. The summed E-state index contributed by atoms with van der Waals surface area (Å²) < 4.78 is 26.6. The minimum absolute atomic E-state index is 0. The largest absolute Gasteiger partial charge is 1.00 e. The average Bonchev–Trinajstić information content (AvgIpc) is 3.11. The van der Waals surface area contributed by atoms with E-state index in [1.165, 1.54) is 50.0 Å². The van der Waals surface area contributed by atoms with Crippen molar-refractivity contribution in [3.63, 3.8) is 0 Å². The van der Waals surface area contributed by atoms with Crippen LogP contribution in [0.1, 0.15) is 24.8 Å². The molecule has 0 radical (unpaired) electrons. The Morgan fingerprint density at radius 2 is 1.55 bits per heavy atom. The molecule has 0 spiro atoms. The number of rotatable bonds is 6. The molecule has 1 fully saturated rings. The van der Waals surface area contributed by atoms with E-state index in [2.05, 4.69) is 30.3 Å². The third kappa shape index (κ3) is 4.70. The number of hydrogen-bond acceptors (Lipinski definition) is 2. The van der Waals surface area contributed by atoms with Crippen LogP contribution in [0.15, 0.2) is 71.1 Å². The van der Waals surface area contributed by atoms with Crippen molar-refractivity contribution in [1.82, 2.24) is 0 Å². The normalized spacial score (nSPS) is 15.6. The molecule has 5 heteroatoms. The van der Waals surface area contributed by atoms with E-state index in [1.54, 1.807) is 6.07 Å². The van der Waals surface area contributed by atoms with Gasteiger partial charge >= 0.3 is 0 Å². The maximum Gasteiger partial charge on any atom is 0.139 e. The van der Waals surface area contributed by atoms with Gasteiger partial charge < -0.3 is 26.0 Å². The molecule has 1 aromatic heterocycles. The lowest BCUT2D eigenvalue weighted by Gasteiger charge is -2.41. The second-order valence-corrected chi connectivity index (χ2v) is 8.47. The molecule has 31 heavy (non-hydrogen) atoms. The Bertz CT molecular complexity index is 1150. The minimum Gasteiger partial charge on any atom is -1.00 e. The molecule has 0 bridgehead atoms. The molecular formula is C26H27ClFNO2. The summed E-state index contributed by atoms with van der Waals surface area (Å²) in [5, 5.41) is 1.92. The van der Waals surface area contributed by atoms with E-state index in [0.717, 1.165) is 39.7 Å². The van der Waals surface area contributed by atoms with Crippen LogP contribution in [0.2, 0.25) is 0 Å². The maximum absolute atomic E-state index is 13.5. The van der Waals surface area contributed by atoms with Gasteiger partial charge in [-0.25, -0.2) is 4.39 Å². The standard InChI is InChI=1S/C26H27FNO2.ClH/c27-21-9-11-23-24-12-10-22(18-26(24)30-25(23)17-21)29-16-15-28(13-5-2-6-14-28)19-20-7-3-1-4-8-20;/h1,3-4,7-12,17-18H,2,5-6,13-16,19H2;1H/q+1;/p-1. The number of nitrogens with zero attached hydrogens (tertiary/aromatic N) is 1. The van der Waals surface area contributed by atoms with Crippen LogP contribution in [0.25, 0.3) is 21.9 Å². The first kappa shape index (κ1) is 21.7. The van der Waals surface area contributed by atoms with Gasteiger partial charge in [-0.15, -0.1) is 0 Å². The zero-order valence-electron chi connectivity index (χ0n) is 17.5. The number of ether oxygens (including phenoxy) is 1. The fraction of sp³-hybridized carbons (Fsp3) is 0.308. The molecule has 0 aliphatic carbocycles. The lowest BCUT2D eigenvalue weighted by molar-refractivity contribution is -0.945. The van der Waals surface area contributed by atoms with Gasteiger partial charge in [0.1, 0.15) is 42.4 Å². The molecule has 3 aromatic carbocycles. The van der Waals surface area contributed by atoms with Crippen LogP contribution < -0.4 is 17.1 Å². The fourth-order valence-corrected chi connectivity index (χ4v) is 4.79. The van der Waals surface area contributed by atoms with Crippen molar-refractivity contribution in [2.45, 2.75) is 25.8 Å². The first-order chi connectivity index (χ1) is 14.7. The minimum atomic E-state index is -0.285. The third-order valence-corrected chi connectivity index (χ3v) is 6.37. The molecular weight excluding hydrogens is 413 g/mol. The summed E-state index contributed by atoms with van der Waals surface area (Å²) in [6.45, 7) is 5.17. The van der Waals surface area contributed by atoms with E-state index in [9.17, 15) is 4.39 Å². The Labute approximate surface area is 188 Å². The highest BCUT2D eigenvalue weighted by Crippen LogP contribution is 2.32. The zero-order valence-corrected chi connectivity index (χ0v) is 18.3. The highest BCUT2D eigenvalue weighted by molar-refractivity contribution is 6.05. The molecule has 0 atom stereocenters. The number of fused-ring (bicyclic) bond motifs is 3. The SMILES string of the molecule is Fc1ccc2c(c1)oc1cc(OCC[N+]3(Cc4ccccc4)CCCCC3)ccc12.[Cl-]. The monoisotopic (exact) mass is 439 g/mol. The topological polar surface area (TPSA) is 22.4 Å². The van der Waals surface area contributed by atoms with Crippen LogP contribution in [0.5, 0.6) is 5.75 Å². The van der Waals surface area contributed by atoms with Gasteiger partial charge in [-0.3, -0.25) is 0 Å². The zero-order chi connectivity index (χ0) is 20.4. The molecule has 4 aromatic rings. The van der Waals surface area contributed by atoms with Crippen LogP contribution in [0.4, 0.5) is 4.39 Å². The molecule has 162 valence electrons. The number of piperidine rings is 1. The lowest BCUT2D eigenvalue weighted by Crippen LogP contribution is -3.00. The van der Waals surface area contributed by atoms with Crippen LogP contribution in [0, 0.1) is 5.82 Å². The predicted octanol–water partition coefficient (Wildman–Crippen LogP) is 3.31. The summed E-state index contributed by atoms with van der Waals surface area (Å²) in [7, 11) is 0. The van der Waals surface area contributed by atoms with E-state index in [-0.39, 0.29) is 18.2 Å². The van der Waals surface area contributed by atoms with Gasteiger partial charge in [0.25, 0.3) is 0 Å². The molecule has 5 rings (SSSR count). The molecule has 0 amide bonds. The first-order valence-electron chi connectivity index (χ1n) is 10.8. The highest BCUT2D eigenvalue weighted by Gasteiger charge is 2.30. The number of halogens is 2. The van der Waals surface area contributed by atoms with Crippen molar-refractivity contribution in [2.24, 2.45) is 0 Å². The Hall–Kier alpha value is -2.56. The van der Waals surface area contributed by atoms with E-state index >= 15 is 0 Å². The van der Waals surface area contributed by atoms with Crippen LogP contribution >= 0.6 is 0 Å². The predicted molar refractivity (Wildman–Crippen MR) is 118 cm³/mol. The number of benzene rings is 3. The maximum atomic E-state index is 13.5.